The van der Waals surface area contributed by atoms with E-state index in [1.54, 1.807) is 31.2 Å². The van der Waals surface area contributed by atoms with E-state index in [4.69, 9.17) is 4.74 Å². The molecule has 0 unspecified atom stereocenters. The van der Waals surface area contributed by atoms with Gasteiger partial charge >= 0.3 is 5.97 Å². The van der Waals surface area contributed by atoms with Crippen LogP contribution in [0.3, 0.4) is 0 Å². The summed E-state index contributed by atoms with van der Waals surface area (Å²) in [5, 5.41) is 5.66. The van der Waals surface area contributed by atoms with Crippen molar-refractivity contribution in [1.82, 2.24) is 10.2 Å². The van der Waals surface area contributed by atoms with Gasteiger partial charge in [-0.1, -0.05) is 13.0 Å². The highest BCUT2D eigenvalue weighted by Gasteiger charge is 2.26. The molecule has 2 N–H and O–H groups in total. The molecule has 0 atom stereocenters. The third-order valence-electron chi connectivity index (χ3n) is 4.52. The Labute approximate surface area is 160 Å². The Bertz CT molecular complexity index is 654. The summed E-state index contributed by atoms with van der Waals surface area (Å²) < 4.78 is 5.06. The van der Waals surface area contributed by atoms with Crippen LogP contribution in [0, 0.1) is 5.92 Å². The van der Waals surface area contributed by atoms with Crippen LogP contribution in [0.15, 0.2) is 24.3 Å². The number of carbonyl (C=O) groups is 3. The lowest BCUT2D eigenvalue weighted by Crippen LogP contribution is -2.41. The molecule has 7 heteroatoms. The Balaban J connectivity index is 1.81. The van der Waals surface area contributed by atoms with Crippen LogP contribution < -0.4 is 10.6 Å². The molecule has 1 aromatic carbocycles. The van der Waals surface area contributed by atoms with Crippen LogP contribution in [0.25, 0.3) is 0 Å². The summed E-state index contributed by atoms with van der Waals surface area (Å²) in [6.07, 6.45) is 2.29. The Morgan fingerprint density at radius 2 is 1.93 bits per heavy atom. The Kier molecular flexibility index (Phi) is 8.26. The van der Waals surface area contributed by atoms with Crippen molar-refractivity contribution in [3.63, 3.8) is 0 Å². The van der Waals surface area contributed by atoms with Crippen molar-refractivity contribution in [2.24, 2.45) is 5.92 Å². The number of rotatable bonds is 8. The molecule has 2 amide bonds. The first-order valence-corrected chi connectivity index (χ1v) is 9.60. The standard InChI is InChI=1S/C20H29N3O4/c1-3-10-21-19(25)16-6-5-7-17(13-16)22-18(24)14-23-11-8-15(9-12-23)20(26)27-4-2/h5-7,13,15H,3-4,8-12,14H2,1-2H3,(H,21,25)(H,22,24). The number of carbonyl (C=O) groups excluding carboxylic acids is 3. The third-order valence-corrected chi connectivity index (χ3v) is 4.52. The fourth-order valence-electron chi connectivity index (χ4n) is 3.07. The second-order valence-electron chi connectivity index (χ2n) is 6.69. The first-order valence-electron chi connectivity index (χ1n) is 9.60. The minimum atomic E-state index is -0.144. The van der Waals surface area contributed by atoms with E-state index in [-0.39, 0.29) is 30.2 Å². The molecule has 1 aliphatic rings. The highest BCUT2D eigenvalue weighted by Crippen LogP contribution is 2.18. The summed E-state index contributed by atoms with van der Waals surface area (Å²) in [7, 11) is 0. The van der Waals surface area contributed by atoms with E-state index < -0.39 is 0 Å². The highest BCUT2D eigenvalue weighted by molar-refractivity contribution is 5.97. The third kappa shape index (κ3) is 6.67. The van der Waals surface area contributed by atoms with Gasteiger partial charge in [0.05, 0.1) is 19.1 Å². The zero-order valence-electron chi connectivity index (χ0n) is 16.1. The summed E-state index contributed by atoms with van der Waals surface area (Å²) in [6, 6.07) is 6.92. The van der Waals surface area contributed by atoms with Gasteiger partial charge in [0, 0.05) is 17.8 Å². The summed E-state index contributed by atoms with van der Waals surface area (Å²) in [5.74, 6) is -0.480. The number of ether oxygens (including phenoxy) is 1. The summed E-state index contributed by atoms with van der Waals surface area (Å²) in [6.45, 7) is 6.47. The molecule has 1 aromatic rings. The predicted octanol–water partition coefficient (Wildman–Crippen LogP) is 2.04. The SMILES string of the molecule is CCCNC(=O)c1cccc(NC(=O)CN2CCC(C(=O)OCC)CC2)c1. The number of anilines is 1. The van der Waals surface area contributed by atoms with E-state index in [1.165, 1.54) is 0 Å². The van der Waals surface area contributed by atoms with Gasteiger partial charge in [0.2, 0.25) is 5.91 Å². The molecule has 0 radical (unpaired) electrons. The summed E-state index contributed by atoms with van der Waals surface area (Å²) in [5.41, 5.74) is 1.13. The molecule has 2 rings (SSSR count). The van der Waals surface area contributed by atoms with Crippen molar-refractivity contribution in [3.8, 4) is 0 Å². The number of amides is 2. The van der Waals surface area contributed by atoms with Gasteiger partial charge in [-0.2, -0.15) is 0 Å². The van der Waals surface area contributed by atoms with Gasteiger partial charge in [-0.3, -0.25) is 19.3 Å². The highest BCUT2D eigenvalue weighted by atomic mass is 16.5. The zero-order chi connectivity index (χ0) is 19.6. The maximum absolute atomic E-state index is 12.3. The number of nitrogens with one attached hydrogen (secondary N) is 2. The molecule has 148 valence electrons. The second-order valence-corrected chi connectivity index (χ2v) is 6.69. The molecule has 0 bridgehead atoms. The Morgan fingerprint density at radius 1 is 1.19 bits per heavy atom. The molecule has 0 saturated carbocycles. The van der Waals surface area contributed by atoms with Gasteiger partial charge < -0.3 is 15.4 Å². The van der Waals surface area contributed by atoms with Gasteiger partial charge in [-0.05, 0) is 57.5 Å². The second kappa shape index (κ2) is 10.7. The number of nitrogens with zero attached hydrogens (tertiary/aromatic N) is 1. The number of esters is 1. The van der Waals surface area contributed by atoms with Crippen LogP contribution >= 0.6 is 0 Å². The Morgan fingerprint density at radius 3 is 2.59 bits per heavy atom. The Hall–Kier alpha value is -2.41. The molecule has 27 heavy (non-hydrogen) atoms. The average Bonchev–Trinajstić information content (AvgIpc) is 2.67. The van der Waals surface area contributed by atoms with Crippen LogP contribution in [-0.2, 0) is 14.3 Å². The van der Waals surface area contributed by atoms with Crippen LogP contribution in [0.2, 0.25) is 0 Å². The summed E-state index contributed by atoms with van der Waals surface area (Å²) >= 11 is 0. The monoisotopic (exact) mass is 375 g/mol. The first kappa shape index (κ1) is 20.9. The first-order chi connectivity index (χ1) is 13.0. The van der Waals surface area contributed by atoms with Crippen molar-refractivity contribution < 1.29 is 19.1 Å². The number of hydrogen-bond donors (Lipinski definition) is 2. The van der Waals surface area contributed by atoms with Gasteiger partial charge in [-0.25, -0.2) is 0 Å². The molecular weight excluding hydrogens is 346 g/mol. The zero-order valence-corrected chi connectivity index (χ0v) is 16.1. The van der Waals surface area contributed by atoms with E-state index in [0.29, 0.717) is 50.3 Å². The fourth-order valence-corrected chi connectivity index (χ4v) is 3.07. The number of piperidine rings is 1. The van der Waals surface area contributed by atoms with E-state index in [0.717, 1.165) is 6.42 Å². The minimum absolute atomic E-state index is 0.0671. The molecule has 1 saturated heterocycles. The normalized spacial score (nSPS) is 15.2. The molecule has 7 nitrogen and oxygen atoms in total. The van der Waals surface area contributed by atoms with Crippen LogP contribution in [0.5, 0.6) is 0 Å². The number of hydrogen-bond acceptors (Lipinski definition) is 5. The molecule has 0 aliphatic carbocycles. The lowest BCUT2D eigenvalue weighted by atomic mass is 9.97. The summed E-state index contributed by atoms with van der Waals surface area (Å²) in [4.78, 5) is 38.1. The van der Waals surface area contributed by atoms with E-state index in [2.05, 4.69) is 10.6 Å². The van der Waals surface area contributed by atoms with E-state index >= 15 is 0 Å². The van der Waals surface area contributed by atoms with Crippen molar-refractivity contribution in [2.75, 3.05) is 38.1 Å². The number of likely N-dealkylation sites (tertiary alicyclic amines) is 1. The molecule has 1 fully saturated rings. The largest absolute Gasteiger partial charge is 0.466 e. The minimum Gasteiger partial charge on any atom is -0.466 e. The van der Waals surface area contributed by atoms with Crippen molar-refractivity contribution in [1.29, 1.82) is 0 Å². The fraction of sp³-hybridized carbons (Fsp3) is 0.550. The van der Waals surface area contributed by atoms with Gasteiger partial charge in [0.15, 0.2) is 0 Å². The van der Waals surface area contributed by atoms with Crippen LogP contribution in [-0.4, -0.2) is 55.5 Å². The topological polar surface area (TPSA) is 87.7 Å². The van der Waals surface area contributed by atoms with Crippen LogP contribution in [0.4, 0.5) is 5.69 Å². The molecule has 1 aliphatic heterocycles. The molecular formula is C20H29N3O4. The van der Waals surface area contributed by atoms with E-state index in [9.17, 15) is 14.4 Å². The molecule has 1 heterocycles. The lowest BCUT2D eigenvalue weighted by Gasteiger charge is -2.30. The average molecular weight is 375 g/mol. The van der Waals surface area contributed by atoms with Gasteiger partial charge in [0.25, 0.3) is 5.91 Å². The smallest absolute Gasteiger partial charge is 0.309 e. The van der Waals surface area contributed by atoms with Crippen molar-refractivity contribution >= 4 is 23.5 Å². The predicted molar refractivity (Wildman–Crippen MR) is 103 cm³/mol. The quantitative estimate of drug-likeness (QED) is 0.679. The number of benzene rings is 1. The molecule has 0 spiro atoms. The maximum Gasteiger partial charge on any atom is 0.309 e. The van der Waals surface area contributed by atoms with Crippen LogP contribution in [0.1, 0.15) is 43.5 Å². The van der Waals surface area contributed by atoms with E-state index in [1.807, 2.05) is 11.8 Å². The van der Waals surface area contributed by atoms with Gasteiger partial charge in [0.1, 0.15) is 0 Å². The van der Waals surface area contributed by atoms with Crippen molar-refractivity contribution in [3.05, 3.63) is 29.8 Å². The molecule has 0 aromatic heterocycles. The van der Waals surface area contributed by atoms with Crippen molar-refractivity contribution in [2.45, 2.75) is 33.1 Å². The lowest BCUT2D eigenvalue weighted by molar-refractivity contribution is -0.149. The van der Waals surface area contributed by atoms with Gasteiger partial charge in [-0.15, -0.1) is 0 Å². The maximum atomic E-state index is 12.3.